The molecule has 4 heteroatoms. The summed E-state index contributed by atoms with van der Waals surface area (Å²) in [4.78, 5) is 0. The molecule has 0 fully saturated rings. The van der Waals surface area contributed by atoms with E-state index < -0.39 is 8.32 Å². The van der Waals surface area contributed by atoms with Crippen LogP contribution < -0.4 is 13.9 Å². The van der Waals surface area contributed by atoms with Crippen LogP contribution >= 0.6 is 0 Å². The molecule has 0 saturated carbocycles. The molecule has 0 atom stereocenters. The molecule has 3 aromatic carbocycles. The van der Waals surface area contributed by atoms with Crippen molar-refractivity contribution >= 4 is 19.5 Å². The molecule has 0 bridgehead atoms. The van der Waals surface area contributed by atoms with Gasteiger partial charge in [-0.3, -0.25) is 0 Å². The van der Waals surface area contributed by atoms with Gasteiger partial charge in [0.15, 0.2) is 0 Å². The molecular formula is C32H40O3Si. The molecule has 3 nitrogen and oxygen atoms in total. The van der Waals surface area contributed by atoms with Crippen LogP contribution in [0.5, 0.6) is 17.2 Å². The molecule has 0 spiro atoms. The number of ether oxygens (including phenoxy) is 2. The number of benzene rings is 3. The topological polar surface area (TPSA) is 27.7 Å². The normalized spacial score (nSPS) is 13.5. The number of hydrogen-bond donors (Lipinski definition) is 0. The summed E-state index contributed by atoms with van der Waals surface area (Å²) >= 11 is 0. The summed E-state index contributed by atoms with van der Waals surface area (Å²) in [5.74, 6) is 2.75. The zero-order chi connectivity index (χ0) is 26.0. The van der Waals surface area contributed by atoms with E-state index in [0.29, 0.717) is 16.6 Å². The Hall–Kier alpha value is -2.98. The van der Waals surface area contributed by atoms with E-state index in [1.54, 1.807) is 14.2 Å². The highest BCUT2D eigenvalue weighted by molar-refractivity contribution is 6.78. The lowest BCUT2D eigenvalue weighted by Gasteiger charge is -2.42. The maximum absolute atomic E-state index is 6.93. The van der Waals surface area contributed by atoms with Gasteiger partial charge >= 0.3 is 0 Å². The van der Waals surface area contributed by atoms with Crippen molar-refractivity contribution in [2.45, 2.75) is 64.6 Å². The van der Waals surface area contributed by atoms with Crippen LogP contribution in [0.15, 0.2) is 66.7 Å². The van der Waals surface area contributed by atoms with E-state index in [4.69, 9.17) is 13.9 Å². The molecule has 0 unspecified atom stereocenters. The van der Waals surface area contributed by atoms with Crippen molar-refractivity contribution in [3.05, 3.63) is 89.0 Å². The van der Waals surface area contributed by atoms with Gasteiger partial charge < -0.3 is 13.9 Å². The Morgan fingerprint density at radius 3 is 1.64 bits per heavy atom. The third kappa shape index (κ3) is 4.71. The summed E-state index contributed by atoms with van der Waals surface area (Å²) in [5.41, 5.74) is 9.21. The monoisotopic (exact) mass is 500 g/mol. The zero-order valence-corrected chi connectivity index (χ0v) is 24.0. The van der Waals surface area contributed by atoms with Crippen LogP contribution in [0.25, 0.3) is 11.1 Å². The Morgan fingerprint density at radius 1 is 0.611 bits per heavy atom. The Labute approximate surface area is 218 Å². The molecular weight excluding hydrogens is 460 g/mol. The highest BCUT2D eigenvalue weighted by Crippen LogP contribution is 2.45. The van der Waals surface area contributed by atoms with Gasteiger partial charge in [-0.15, -0.1) is 0 Å². The van der Waals surface area contributed by atoms with Crippen LogP contribution in [-0.4, -0.2) is 22.5 Å². The Kier molecular flexibility index (Phi) is 7.65. The van der Waals surface area contributed by atoms with Crippen LogP contribution in [0.3, 0.4) is 0 Å². The van der Waals surface area contributed by atoms with Gasteiger partial charge in [0.05, 0.1) is 14.2 Å². The van der Waals surface area contributed by atoms with Crippen molar-refractivity contribution in [1.82, 2.24) is 0 Å². The van der Waals surface area contributed by atoms with Crippen molar-refractivity contribution in [1.29, 1.82) is 0 Å². The molecule has 1 aliphatic carbocycles. The second-order valence-corrected chi connectivity index (χ2v) is 16.1. The first-order valence-corrected chi connectivity index (χ1v) is 15.2. The van der Waals surface area contributed by atoms with Crippen LogP contribution in [0.2, 0.25) is 16.6 Å². The number of fused-ring (bicyclic) bond motifs is 1. The number of hydrogen-bond acceptors (Lipinski definition) is 3. The summed E-state index contributed by atoms with van der Waals surface area (Å²) in [6.45, 7) is 14.0. The standard InChI is InChI=1S/C32H40O3Si/c1-21(2)36(22(3)4,23(5)6)35-28-15-11-25(12-16-28)32-30-18-17-29(34-8)19-26(30)20-31(32)24-9-13-27(33-7)14-10-24/h9-19,21-23H,20H2,1-8H3. The minimum Gasteiger partial charge on any atom is -0.543 e. The molecule has 0 aromatic heterocycles. The lowest BCUT2D eigenvalue weighted by atomic mass is 9.94. The van der Waals surface area contributed by atoms with Gasteiger partial charge in [-0.2, -0.15) is 0 Å². The fourth-order valence-corrected chi connectivity index (χ4v) is 11.4. The van der Waals surface area contributed by atoms with Crippen molar-refractivity contribution in [2.24, 2.45) is 0 Å². The van der Waals surface area contributed by atoms with E-state index in [2.05, 4.69) is 96.1 Å². The average molecular weight is 501 g/mol. The largest absolute Gasteiger partial charge is 0.543 e. The van der Waals surface area contributed by atoms with Crippen molar-refractivity contribution in [3.63, 3.8) is 0 Å². The van der Waals surface area contributed by atoms with Crippen molar-refractivity contribution in [2.75, 3.05) is 14.2 Å². The summed E-state index contributed by atoms with van der Waals surface area (Å²) in [6, 6.07) is 23.6. The van der Waals surface area contributed by atoms with Gasteiger partial charge in [-0.05, 0) is 92.8 Å². The summed E-state index contributed by atoms with van der Waals surface area (Å²) in [7, 11) is 1.43. The molecule has 0 heterocycles. The van der Waals surface area contributed by atoms with Crippen LogP contribution in [0.4, 0.5) is 0 Å². The molecule has 1 aliphatic rings. The SMILES string of the molecule is COc1ccc(C2=C(c3ccc(O[Si](C(C)C)(C(C)C)C(C)C)cc3)c3ccc(OC)cc3C2)cc1. The Balaban J connectivity index is 1.76. The number of methoxy groups -OCH3 is 2. The third-order valence-electron chi connectivity index (χ3n) is 7.83. The molecule has 190 valence electrons. The number of rotatable bonds is 9. The molecule has 4 rings (SSSR count). The second-order valence-electron chi connectivity index (χ2n) is 10.7. The molecule has 0 saturated heterocycles. The predicted molar refractivity (Wildman–Crippen MR) is 154 cm³/mol. The van der Waals surface area contributed by atoms with E-state index >= 15 is 0 Å². The Bertz CT molecular complexity index is 1200. The van der Waals surface area contributed by atoms with Gasteiger partial charge in [0.1, 0.15) is 17.2 Å². The highest BCUT2D eigenvalue weighted by Gasteiger charge is 2.47. The van der Waals surface area contributed by atoms with E-state index in [1.807, 2.05) is 12.1 Å². The fourth-order valence-electron chi connectivity index (χ4n) is 6.14. The molecule has 0 radical (unpaired) electrons. The molecule has 0 N–H and O–H groups in total. The summed E-state index contributed by atoms with van der Waals surface area (Å²) < 4.78 is 17.9. The van der Waals surface area contributed by atoms with Gasteiger partial charge in [0.25, 0.3) is 8.32 Å². The highest BCUT2D eigenvalue weighted by atomic mass is 28.4. The van der Waals surface area contributed by atoms with Crippen molar-refractivity contribution < 1.29 is 13.9 Å². The molecule has 0 aliphatic heterocycles. The van der Waals surface area contributed by atoms with Crippen LogP contribution in [0.1, 0.15) is 63.8 Å². The Morgan fingerprint density at radius 2 is 1.11 bits per heavy atom. The lowest BCUT2D eigenvalue weighted by Crippen LogP contribution is -2.50. The summed E-state index contributed by atoms with van der Waals surface area (Å²) in [5, 5.41) is 0. The second kappa shape index (κ2) is 10.6. The third-order valence-corrected chi connectivity index (χ3v) is 13.8. The van der Waals surface area contributed by atoms with E-state index in [1.165, 1.54) is 33.4 Å². The number of allylic oxidation sites excluding steroid dienone is 1. The van der Waals surface area contributed by atoms with Gasteiger partial charge in [0.2, 0.25) is 0 Å². The van der Waals surface area contributed by atoms with E-state index in [-0.39, 0.29) is 0 Å². The molecule has 0 amide bonds. The van der Waals surface area contributed by atoms with Crippen molar-refractivity contribution in [3.8, 4) is 17.2 Å². The van der Waals surface area contributed by atoms with Crippen LogP contribution in [-0.2, 0) is 6.42 Å². The van der Waals surface area contributed by atoms with Crippen LogP contribution in [0, 0.1) is 0 Å². The smallest absolute Gasteiger partial charge is 0.258 e. The quantitative estimate of drug-likeness (QED) is 0.275. The first-order chi connectivity index (χ1) is 17.2. The first-order valence-electron chi connectivity index (χ1n) is 13.1. The van der Waals surface area contributed by atoms with E-state index in [9.17, 15) is 0 Å². The lowest BCUT2D eigenvalue weighted by molar-refractivity contribution is 0.414. The average Bonchev–Trinajstić information content (AvgIpc) is 3.25. The first kappa shape index (κ1) is 26.1. The zero-order valence-electron chi connectivity index (χ0n) is 23.0. The predicted octanol–water partition coefficient (Wildman–Crippen LogP) is 8.77. The van der Waals surface area contributed by atoms with E-state index in [0.717, 1.165) is 23.7 Å². The maximum atomic E-state index is 6.93. The molecule has 3 aromatic rings. The van der Waals surface area contributed by atoms with Gasteiger partial charge in [-0.25, -0.2) is 0 Å². The summed E-state index contributed by atoms with van der Waals surface area (Å²) in [6.07, 6.45) is 0.872. The van der Waals surface area contributed by atoms with Gasteiger partial charge in [0, 0.05) is 0 Å². The minimum absolute atomic E-state index is 0.540. The van der Waals surface area contributed by atoms with Gasteiger partial charge in [-0.1, -0.05) is 71.9 Å². The molecule has 36 heavy (non-hydrogen) atoms. The minimum atomic E-state index is -2.00. The maximum Gasteiger partial charge on any atom is 0.258 e. The fraction of sp³-hybridized carbons (Fsp3) is 0.375.